The van der Waals surface area contributed by atoms with Crippen LogP contribution in [-0.2, 0) is 23.9 Å². The zero-order chi connectivity index (χ0) is 15.6. The Morgan fingerprint density at radius 3 is 1.95 bits per heavy atom. The van der Waals surface area contributed by atoms with Gasteiger partial charge in [-0.2, -0.15) is 0 Å². The molecule has 0 saturated heterocycles. The molecule has 21 heavy (non-hydrogen) atoms. The van der Waals surface area contributed by atoms with Crippen molar-refractivity contribution in [3.8, 4) is 5.75 Å². The van der Waals surface area contributed by atoms with E-state index in [9.17, 15) is 14.4 Å². The Balaban J connectivity index is 2.43. The topological polar surface area (TPSA) is 78.9 Å². The van der Waals surface area contributed by atoms with Gasteiger partial charge in [-0.05, 0) is 17.7 Å². The van der Waals surface area contributed by atoms with Crippen LogP contribution in [0.2, 0.25) is 0 Å². The highest BCUT2D eigenvalue weighted by molar-refractivity contribution is 6.09. The Kier molecular flexibility index (Phi) is 3.97. The van der Waals surface area contributed by atoms with Crippen LogP contribution in [0.1, 0.15) is 11.5 Å². The van der Waals surface area contributed by atoms with Gasteiger partial charge in [0.2, 0.25) is 0 Å². The van der Waals surface area contributed by atoms with Gasteiger partial charge in [0.05, 0.1) is 27.2 Å². The van der Waals surface area contributed by atoms with E-state index in [4.69, 9.17) is 14.2 Å². The van der Waals surface area contributed by atoms with Crippen molar-refractivity contribution in [2.75, 3.05) is 21.3 Å². The van der Waals surface area contributed by atoms with Crippen LogP contribution >= 0.6 is 0 Å². The summed E-state index contributed by atoms with van der Waals surface area (Å²) in [7, 11) is 3.89. The van der Waals surface area contributed by atoms with Crippen LogP contribution in [0.15, 0.2) is 24.3 Å². The fourth-order valence-corrected chi connectivity index (χ4v) is 2.83. The highest BCUT2D eigenvalue weighted by Crippen LogP contribution is 2.65. The Bertz CT molecular complexity index is 546. The molecule has 2 rings (SSSR count). The molecule has 0 aliphatic heterocycles. The molecule has 0 bridgehead atoms. The molecule has 1 saturated carbocycles. The molecule has 6 nitrogen and oxygen atoms in total. The summed E-state index contributed by atoms with van der Waals surface area (Å²) in [6, 6.07) is 6.84. The van der Waals surface area contributed by atoms with Gasteiger partial charge in [0.1, 0.15) is 12.0 Å². The molecule has 1 aliphatic rings. The van der Waals surface area contributed by atoms with Gasteiger partial charge in [0, 0.05) is 5.92 Å². The van der Waals surface area contributed by atoms with Crippen LogP contribution in [0, 0.1) is 11.3 Å². The summed E-state index contributed by atoms with van der Waals surface area (Å²) in [5.41, 5.74) is -0.900. The Morgan fingerprint density at radius 2 is 1.57 bits per heavy atom. The summed E-state index contributed by atoms with van der Waals surface area (Å²) in [5, 5.41) is 0. The first-order valence-electron chi connectivity index (χ1n) is 6.34. The first kappa shape index (κ1) is 15.0. The van der Waals surface area contributed by atoms with Crippen molar-refractivity contribution < 1.29 is 28.6 Å². The first-order chi connectivity index (χ1) is 10.1. The minimum atomic E-state index is -1.58. The van der Waals surface area contributed by atoms with Crippen LogP contribution in [-0.4, -0.2) is 39.6 Å². The molecular weight excluding hydrogens is 276 g/mol. The molecular formula is C15H16O6. The highest BCUT2D eigenvalue weighted by atomic mass is 16.5. The normalized spacial score (nSPS) is 22.0. The zero-order valence-corrected chi connectivity index (χ0v) is 12.0. The van der Waals surface area contributed by atoms with E-state index in [-0.39, 0.29) is 0 Å². The number of rotatable bonds is 5. The van der Waals surface area contributed by atoms with Crippen molar-refractivity contribution in [1.82, 2.24) is 0 Å². The molecule has 1 aromatic rings. The van der Waals surface area contributed by atoms with Gasteiger partial charge < -0.3 is 19.0 Å². The number of hydrogen-bond acceptors (Lipinski definition) is 6. The summed E-state index contributed by atoms with van der Waals surface area (Å²) >= 11 is 0. The maximum Gasteiger partial charge on any atom is 0.324 e. The van der Waals surface area contributed by atoms with Gasteiger partial charge in [-0.15, -0.1) is 0 Å². The fraction of sp³-hybridized carbons (Fsp3) is 0.400. The Morgan fingerprint density at radius 1 is 1.05 bits per heavy atom. The van der Waals surface area contributed by atoms with Crippen LogP contribution in [0.25, 0.3) is 0 Å². The fourth-order valence-electron chi connectivity index (χ4n) is 2.83. The molecule has 2 atom stereocenters. The van der Waals surface area contributed by atoms with E-state index >= 15 is 0 Å². The number of ether oxygens (including phenoxy) is 3. The first-order valence-corrected chi connectivity index (χ1v) is 6.34. The lowest BCUT2D eigenvalue weighted by Gasteiger charge is -2.12. The molecule has 0 spiro atoms. The largest absolute Gasteiger partial charge is 0.497 e. The van der Waals surface area contributed by atoms with Gasteiger partial charge in [-0.3, -0.25) is 9.59 Å². The summed E-state index contributed by atoms with van der Waals surface area (Å²) in [6.07, 6.45) is 0.600. The lowest BCUT2D eigenvalue weighted by Crippen LogP contribution is -2.32. The second-order valence-corrected chi connectivity index (χ2v) is 4.76. The smallest absolute Gasteiger partial charge is 0.324 e. The average Bonchev–Trinajstić information content (AvgIpc) is 3.23. The number of methoxy groups -OCH3 is 3. The van der Waals surface area contributed by atoms with E-state index in [0.717, 1.165) is 0 Å². The van der Waals surface area contributed by atoms with Gasteiger partial charge in [0.25, 0.3) is 0 Å². The molecule has 0 radical (unpaired) electrons. The monoisotopic (exact) mass is 292 g/mol. The molecule has 0 unspecified atom stereocenters. The van der Waals surface area contributed by atoms with Gasteiger partial charge in [-0.25, -0.2) is 0 Å². The van der Waals surface area contributed by atoms with E-state index in [1.807, 2.05) is 0 Å². The number of carbonyl (C=O) groups excluding carboxylic acids is 3. The third-order valence-electron chi connectivity index (χ3n) is 3.93. The van der Waals surface area contributed by atoms with E-state index in [1.54, 1.807) is 24.3 Å². The van der Waals surface area contributed by atoms with E-state index in [2.05, 4.69) is 0 Å². The third kappa shape index (κ3) is 2.07. The highest BCUT2D eigenvalue weighted by Gasteiger charge is 2.77. The lowest BCUT2D eigenvalue weighted by atomic mass is 9.98. The van der Waals surface area contributed by atoms with Crippen LogP contribution in [0.5, 0.6) is 5.75 Å². The maximum absolute atomic E-state index is 12.1. The number of aldehydes is 1. The van der Waals surface area contributed by atoms with Crippen molar-refractivity contribution >= 4 is 18.2 Å². The minimum Gasteiger partial charge on any atom is -0.497 e. The van der Waals surface area contributed by atoms with Crippen molar-refractivity contribution in [3.05, 3.63) is 29.8 Å². The molecule has 0 aromatic heterocycles. The van der Waals surface area contributed by atoms with Crippen LogP contribution < -0.4 is 4.74 Å². The predicted octanol–water partition coefficient (Wildman–Crippen LogP) is 0.940. The maximum atomic E-state index is 12.1. The molecule has 112 valence electrons. The molecule has 1 aromatic carbocycles. The number of carbonyl (C=O) groups is 3. The van der Waals surface area contributed by atoms with Crippen LogP contribution in [0.4, 0.5) is 0 Å². The number of hydrogen-bond donors (Lipinski definition) is 0. The summed E-state index contributed by atoms with van der Waals surface area (Å²) in [5.74, 6) is -2.24. The van der Waals surface area contributed by atoms with E-state index in [0.29, 0.717) is 17.6 Å². The molecule has 0 amide bonds. The van der Waals surface area contributed by atoms with E-state index in [1.165, 1.54) is 21.3 Å². The van der Waals surface area contributed by atoms with Crippen molar-refractivity contribution in [3.63, 3.8) is 0 Å². The Hall–Kier alpha value is -2.37. The molecule has 1 aliphatic carbocycles. The SMILES string of the molecule is COC(=O)C1(C(=O)OC)[C@H](C=O)[C@H]1c1ccc(OC)cc1. The second-order valence-electron chi connectivity index (χ2n) is 4.76. The van der Waals surface area contributed by atoms with Gasteiger partial charge >= 0.3 is 11.9 Å². The van der Waals surface area contributed by atoms with Gasteiger partial charge in [0.15, 0.2) is 5.41 Å². The predicted molar refractivity (Wildman–Crippen MR) is 71.8 cm³/mol. The molecule has 0 N–H and O–H groups in total. The second kappa shape index (κ2) is 5.55. The number of benzene rings is 1. The summed E-state index contributed by atoms with van der Waals surface area (Å²) in [4.78, 5) is 35.4. The number of esters is 2. The quantitative estimate of drug-likeness (QED) is 0.456. The average molecular weight is 292 g/mol. The summed E-state index contributed by atoms with van der Waals surface area (Å²) in [6.45, 7) is 0. The van der Waals surface area contributed by atoms with Gasteiger partial charge in [-0.1, -0.05) is 12.1 Å². The standard InChI is InChI=1S/C15H16O6/c1-19-10-6-4-9(5-7-10)12-11(8-16)15(12,13(17)20-2)14(18)21-3/h4-8,11-12H,1-3H3/t11-,12-/m1/s1. The third-order valence-corrected chi connectivity index (χ3v) is 3.93. The van der Waals surface area contributed by atoms with Crippen molar-refractivity contribution in [1.29, 1.82) is 0 Å². The van der Waals surface area contributed by atoms with Crippen molar-refractivity contribution in [2.24, 2.45) is 11.3 Å². The minimum absolute atomic E-state index is 0.583. The lowest BCUT2D eigenvalue weighted by molar-refractivity contribution is -0.162. The molecule has 0 heterocycles. The van der Waals surface area contributed by atoms with E-state index < -0.39 is 29.2 Å². The van der Waals surface area contributed by atoms with Crippen molar-refractivity contribution in [2.45, 2.75) is 5.92 Å². The summed E-state index contributed by atoms with van der Waals surface area (Å²) < 4.78 is 14.5. The Labute approximate surface area is 122 Å². The molecule has 6 heteroatoms. The molecule has 1 fully saturated rings. The van der Waals surface area contributed by atoms with Crippen LogP contribution in [0.3, 0.4) is 0 Å². The zero-order valence-electron chi connectivity index (χ0n) is 12.0.